The van der Waals surface area contributed by atoms with Crippen LogP contribution >= 0.6 is 28.4 Å². The van der Waals surface area contributed by atoms with Gasteiger partial charge in [-0.3, -0.25) is 4.79 Å². The highest BCUT2D eigenvalue weighted by Gasteiger charge is 2.32. The fourth-order valence-electron chi connectivity index (χ4n) is 2.92. The van der Waals surface area contributed by atoms with Gasteiger partial charge in [0, 0.05) is 11.6 Å². The van der Waals surface area contributed by atoms with Crippen LogP contribution in [-0.4, -0.2) is 36.0 Å². The zero-order chi connectivity index (χ0) is 23.3. The third-order valence-corrected chi connectivity index (χ3v) is 6.18. The van der Waals surface area contributed by atoms with E-state index in [0.29, 0.717) is 17.2 Å². The van der Waals surface area contributed by atoms with E-state index in [0.717, 1.165) is 17.3 Å². The molecule has 12 heteroatoms. The van der Waals surface area contributed by atoms with Crippen molar-refractivity contribution in [1.29, 1.82) is 0 Å². The molecule has 0 saturated heterocycles. The summed E-state index contributed by atoms with van der Waals surface area (Å²) in [5.41, 5.74) is 1.86. The van der Waals surface area contributed by atoms with Crippen LogP contribution in [0.15, 0.2) is 48.5 Å². The molecule has 0 saturated carbocycles. The van der Waals surface area contributed by atoms with Crippen molar-refractivity contribution in [2.75, 3.05) is 14.2 Å². The molecule has 2 aromatic carbocycles. The van der Waals surface area contributed by atoms with Crippen molar-refractivity contribution in [3.63, 3.8) is 0 Å². The Hall–Kier alpha value is -2.53. The highest BCUT2D eigenvalue weighted by atomic mass is 127. The molecule has 1 N–H and O–H groups in total. The lowest BCUT2D eigenvalue weighted by molar-refractivity contribution is -0.274. The van der Waals surface area contributed by atoms with Gasteiger partial charge in [-0.1, -0.05) is 12.1 Å². The Balaban J connectivity index is 1.81. The summed E-state index contributed by atoms with van der Waals surface area (Å²) in [5.74, 6) is -0.0462. The van der Waals surface area contributed by atoms with Crippen molar-refractivity contribution in [2.45, 2.75) is 12.9 Å². The van der Waals surface area contributed by atoms with E-state index in [2.05, 4.69) is 37.2 Å². The number of carbonyl (C=O) groups is 1. The van der Waals surface area contributed by atoms with Gasteiger partial charge in [0.25, 0.3) is 5.91 Å². The van der Waals surface area contributed by atoms with Crippen LogP contribution in [0.1, 0.15) is 16.1 Å². The minimum absolute atomic E-state index is 0.0127. The van der Waals surface area contributed by atoms with E-state index in [1.165, 1.54) is 18.2 Å². The number of nitrogens with zero attached hydrogens (tertiary/aromatic N) is 2. The lowest BCUT2D eigenvalue weighted by Gasteiger charge is -2.12. The number of nitrogens with one attached hydrogen (secondary N) is 1. The summed E-state index contributed by atoms with van der Waals surface area (Å²) in [6.07, 6.45) is -4.64. The quantitative estimate of drug-likeness (QED) is 0.294. The molecule has 0 spiro atoms. The maximum Gasteiger partial charge on any atom is 0.573 e. The second-order valence-electron chi connectivity index (χ2n) is 6.31. The predicted molar refractivity (Wildman–Crippen MR) is 123 cm³/mol. The fourth-order valence-corrected chi connectivity index (χ4v) is 4.46. The zero-order valence-electron chi connectivity index (χ0n) is 16.9. The minimum atomic E-state index is -4.90. The summed E-state index contributed by atoms with van der Waals surface area (Å²) in [5, 5.41) is 7.07. The molecule has 3 aromatic rings. The molecule has 0 radical (unpaired) electrons. The van der Waals surface area contributed by atoms with E-state index in [-0.39, 0.29) is 18.5 Å². The molecule has 1 amide bonds. The Kier molecular flexibility index (Phi) is 7.83. The van der Waals surface area contributed by atoms with Crippen molar-refractivity contribution in [3.05, 3.63) is 59.8 Å². The van der Waals surface area contributed by atoms with Crippen molar-refractivity contribution in [3.8, 4) is 28.5 Å². The van der Waals surface area contributed by atoms with Crippen LogP contribution in [0.2, 0.25) is 0 Å². The van der Waals surface area contributed by atoms with Gasteiger partial charge in [0.2, 0.25) is 0 Å². The lowest BCUT2D eigenvalue weighted by Crippen LogP contribution is -2.25. The minimum Gasteiger partial charge on any atom is -0.497 e. The first-order valence-corrected chi connectivity index (χ1v) is 13.1. The summed E-state index contributed by atoms with van der Waals surface area (Å²) in [4.78, 5) is 12.5. The first-order valence-electron chi connectivity index (χ1n) is 9.06. The van der Waals surface area contributed by atoms with Gasteiger partial charge in [-0.2, -0.15) is 5.10 Å². The van der Waals surface area contributed by atoms with E-state index >= 15 is 0 Å². The van der Waals surface area contributed by atoms with Crippen LogP contribution in [0.3, 0.4) is 0 Å². The molecule has 0 aliphatic rings. The maximum absolute atomic E-state index is 12.6. The summed E-state index contributed by atoms with van der Waals surface area (Å²) < 4.78 is 54.2. The zero-order valence-corrected chi connectivity index (χ0v) is 20.0. The van der Waals surface area contributed by atoms with E-state index in [4.69, 9.17) is 9.47 Å². The van der Waals surface area contributed by atoms with Crippen molar-refractivity contribution in [1.82, 2.24) is 14.9 Å². The van der Waals surface area contributed by atoms with Gasteiger partial charge in [-0.15, -0.1) is 13.2 Å². The molecule has 1 heterocycles. The molecule has 1 aromatic heterocycles. The third kappa shape index (κ3) is 5.83. The summed E-state index contributed by atoms with van der Waals surface area (Å²) in [6.45, 7) is 0.0127. The van der Waals surface area contributed by atoms with Gasteiger partial charge < -0.3 is 19.5 Å². The lowest BCUT2D eigenvalue weighted by atomic mass is 10.1. The topological polar surface area (TPSA) is 74.6 Å². The van der Waals surface area contributed by atoms with Crippen LogP contribution < -0.4 is 19.5 Å². The second-order valence-corrected chi connectivity index (χ2v) is 8.35. The van der Waals surface area contributed by atoms with Crippen molar-refractivity contribution < 1.29 is 32.2 Å². The van der Waals surface area contributed by atoms with Crippen LogP contribution in [0.5, 0.6) is 17.2 Å². The number of alkyl halides is 3. The van der Waals surface area contributed by atoms with Gasteiger partial charge >= 0.3 is 6.36 Å². The molecule has 0 bridgehead atoms. The van der Waals surface area contributed by atoms with Gasteiger partial charge in [-0.05, 0) is 52.4 Å². The number of para-hydroxylation sites is 1. The van der Waals surface area contributed by atoms with Crippen LogP contribution in [0.4, 0.5) is 13.2 Å². The average Bonchev–Trinajstić information content (AvgIpc) is 3.19. The molecule has 0 fully saturated rings. The van der Waals surface area contributed by atoms with E-state index < -0.39 is 18.0 Å². The number of rotatable bonds is 8. The Morgan fingerprint density at radius 2 is 1.88 bits per heavy atom. The largest absolute Gasteiger partial charge is 0.573 e. The third-order valence-electron chi connectivity index (χ3n) is 4.31. The Morgan fingerprint density at radius 1 is 1.12 bits per heavy atom. The van der Waals surface area contributed by atoms with Crippen molar-refractivity contribution >= 4 is 34.3 Å². The fraction of sp³-hybridized carbons (Fsp3) is 0.200. The number of ether oxygens (including phenoxy) is 3. The summed E-state index contributed by atoms with van der Waals surface area (Å²) in [6, 6.07) is 12.3. The second kappa shape index (κ2) is 10.4. The van der Waals surface area contributed by atoms with Gasteiger partial charge in [0.15, 0.2) is 0 Å². The maximum atomic E-state index is 12.6. The molecule has 1 unspecified atom stereocenters. The SMILES string of the molecule is COc1ccc(-c2cc(CNC(=O)c3ccccc3OC(F)(F)F)nn2PI)c(OC)c1. The Labute approximate surface area is 196 Å². The highest BCUT2D eigenvalue weighted by molar-refractivity contribution is 14.2. The smallest absolute Gasteiger partial charge is 0.497 e. The molecule has 0 aliphatic heterocycles. The van der Waals surface area contributed by atoms with Crippen LogP contribution in [0.25, 0.3) is 11.3 Å². The first kappa shape index (κ1) is 24.1. The summed E-state index contributed by atoms with van der Waals surface area (Å²) in [7, 11) is 3.11. The highest BCUT2D eigenvalue weighted by Crippen LogP contribution is 2.38. The number of methoxy groups -OCH3 is 2. The van der Waals surface area contributed by atoms with E-state index in [9.17, 15) is 18.0 Å². The molecular formula is C20H18F3IN3O4P. The molecule has 170 valence electrons. The monoisotopic (exact) mass is 579 g/mol. The first-order chi connectivity index (χ1) is 15.3. The van der Waals surface area contributed by atoms with Crippen molar-refractivity contribution in [2.24, 2.45) is 0 Å². The normalized spacial score (nSPS) is 11.6. The molecule has 0 aliphatic carbocycles. The van der Waals surface area contributed by atoms with E-state index in [1.54, 1.807) is 36.9 Å². The van der Waals surface area contributed by atoms with E-state index in [1.807, 2.05) is 6.07 Å². The number of hydrogen-bond donors (Lipinski definition) is 1. The Bertz CT molecular complexity index is 1110. The number of hydrogen-bond acceptors (Lipinski definition) is 5. The molecule has 1 atom stereocenters. The number of aromatic nitrogens is 2. The standard InChI is InChI=1S/C20H18F3IN3O4P/c1-29-13-7-8-14(18(10-13)30-2)16-9-12(26-27(16)32-24)11-25-19(28)15-5-3-4-6-17(15)31-20(21,22)23/h3-10,32H,11H2,1-2H3,(H,25,28). The van der Waals surface area contributed by atoms with Crippen LogP contribution in [0, 0.1) is 0 Å². The number of halogens is 4. The molecule has 32 heavy (non-hydrogen) atoms. The molecule has 3 rings (SSSR count). The van der Waals surface area contributed by atoms with Crippen LogP contribution in [-0.2, 0) is 6.54 Å². The summed E-state index contributed by atoms with van der Waals surface area (Å²) >= 11 is 2.18. The number of benzene rings is 2. The number of amides is 1. The van der Waals surface area contributed by atoms with Gasteiger partial charge in [0.05, 0.1) is 44.1 Å². The molecular weight excluding hydrogens is 561 g/mol. The van der Waals surface area contributed by atoms with Gasteiger partial charge in [-0.25, -0.2) is 4.45 Å². The molecule has 7 nitrogen and oxygen atoms in total. The number of carbonyl (C=O) groups excluding carboxylic acids is 1. The average molecular weight is 579 g/mol. The predicted octanol–water partition coefficient (Wildman–Crippen LogP) is 5.19. The van der Waals surface area contributed by atoms with Gasteiger partial charge in [0.1, 0.15) is 17.2 Å². The Morgan fingerprint density at radius 3 is 2.53 bits per heavy atom.